The van der Waals surface area contributed by atoms with Gasteiger partial charge in [0.25, 0.3) is 0 Å². The molecule has 2 N–H and O–H groups in total. The normalized spacial score (nSPS) is 24.7. The molecule has 0 radical (unpaired) electrons. The summed E-state index contributed by atoms with van der Waals surface area (Å²) in [6.45, 7) is 8.57. The third-order valence-corrected chi connectivity index (χ3v) is 3.99. The fraction of sp³-hybridized carbons (Fsp3) is 0.929. The Balaban J connectivity index is 0.00000200. The van der Waals surface area contributed by atoms with Crippen LogP contribution in [-0.4, -0.2) is 67.7 Å². The maximum absolute atomic E-state index is 12.1. The molecular weight excluding hydrogens is 313 g/mol. The summed E-state index contributed by atoms with van der Waals surface area (Å²) in [6.07, 6.45) is 2.84. The lowest BCUT2D eigenvalue weighted by Crippen LogP contribution is -2.46. The minimum Gasteiger partial charge on any atom is -0.379 e. The van der Waals surface area contributed by atoms with Gasteiger partial charge in [-0.2, -0.15) is 0 Å². The first-order valence-corrected chi connectivity index (χ1v) is 7.48. The van der Waals surface area contributed by atoms with Crippen molar-refractivity contribution in [2.24, 2.45) is 11.7 Å². The minimum atomic E-state index is -0.0351. The Kier molecular flexibility index (Phi) is 10.6. The largest absolute Gasteiger partial charge is 0.379 e. The van der Waals surface area contributed by atoms with Gasteiger partial charge in [0.1, 0.15) is 0 Å². The van der Waals surface area contributed by atoms with E-state index in [-0.39, 0.29) is 36.8 Å². The van der Waals surface area contributed by atoms with Crippen LogP contribution < -0.4 is 5.73 Å². The lowest BCUT2D eigenvalue weighted by atomic mass is 9.96. The van der Waals surface area contributed by atoms with Gasteiger partial charge < -0.3 is 15.4 Å². The molecule has 0 aromatic heterocycles. The summed E-state index contributed by atoms with van der Waals surface area (Å²) in [4.78, 5) is 16.5. The Labute approximate surface area is 140 Å². The molecule has 2 unspecified atom stereocenters. The van der Waals surface area contributed by atoms with Gasteiger partial charge in [-0.25, -0.2) is 0 Å². The Bertz CT molecular complexity index is 300. The van der Waals surface area contributed by atoms with Gasteiger partial charge in [-0.3, -0.25) is 9.69 Å². The van der Waals surface area contributed by atoms with Crippen molar-refractivity contribution < 1.29 is 9.53 Å². The molecule has 2 saturated heterocycles. The SMILES string of the molecule is CC(N)CC(=O)N1CCCC(CN2CCOCC2)C1.Cl.Cl. The highest BCUT2D eigenvalue weighted by Gasteiger charge is 2.25. The van der Waals surface area contributed by atoms with Crippen LogP contribution in [0.4, 0.5) is 0 Å². The van der Waals surface area contributed by atoms with Gasteiger partial charge in [0.2, 0.25) is 5.91 Å². The van der Waals surface area contributed by atoms with Crippen LogP contribution in [-0.2, 0) is 9.53 Å². The molecule has 2 aliphatic heterocycles. The van der Waals surface area contributed by atoms with E-state index < -0.39 is 0 Å². The van der Waals surface area contributed by atoms with Gasteiger partial charge >= 0.3 is 0 Å². The van der Waals surface area contributed by atoms with E-state index in [1.54, 1.807) is 0 Å². The topological polar surface area (TPSA) is 58.8 Å². The predicted molar refractivity (Wildman–Crippen MR) is 89.3 cm³/mol. The molecule has 0 aromatic rings. The third-order valence-electron chi connectivity index (χ3n) is 3.99. The van der Waals surface area contributed by atoms with Crippen molar-refractivity contribution in [2.75, 3.05) is 45.9 Å². The van der Waals surface area contributed by atoms with Crippen LogP contribution >= 0.6 is 24.8 Å². The number of rotatable bonds is 4. The molecule has 126 valence electrons. The van der Waals surface area contributed by atoms with E-state index in [0.29, 0.717) is 12.3 Å². The van der Waals surface area contributed by atoms with Crippen molar-refractivity contribution in [3.8, 4) is 0 Å². The van der Waals surface area contributed by atoms with Gasteiger partial charge in [0, 0.05) is 45.2 Å². The van der Waals surface area contributed by atoms with Gasteiger partial charge in [0.15, 0.2) is 0 Å². The van der Waals surface area contributed by atoms with E-state index in [1.807, 2.05) is 11.8 Å². The predicted octanol–water partition coefficient (Wildman–Crippen LogP) is 1.14. The van der Waals surface area contributed by atoms with Crippen molar-refractivity contribution in [2.45, 2.75) is 32.2 Å². The first kappa shape index (κ1) is 20.9. The molecule has 2 atom stereocenters. The third kappa shape index (κ3) is 7.15. The molecule has 2 fully saturated rings. The number of amides is 1. The number of hydrogen-bond donors (Lipinski definition) is 1. The molecule has 2 aliphatic rings. The highest BCUT2D eigenvalue weighted by Crippen LogP contribution is 2.19. The quantitative estimate of drug-likeness (QED) is 0.832. The molecule has 21 heavy (non-hydrogen) atoms. The van der Waals surface area contributed by atoms with Crippen LogP contribution in [0.2, 0.25) is 0 Å². The average molecular weight is 342 g/mol. The van der Waals surface area contributed by atoms with Crippen molar-refractivity contribution in [3.63, 3.8) is 0 Å². The molecule has 5 nitrogen and oxygen atoms in total. The first-order valence-electron chi connectivity index (χ1n) is 7.48. The van der Waals surface area contributed by atoms with Crippen molar-refractivity contribution in [1.82, 2.24) is 9.80 Å². The van der Waals surface area contributed by atoms with E-state index in [0.717, 1.165) is 52.4 Å². The van der Waals surface area contributed by atoms with Gasteiger partial charge in [-0.05, 0) is 25.7 Å². The van der Waals surface area contributed by atoms with E-state index in [1.165, 1.54) is 6.42 Å². The van der Waals surface area contributed by atoms with E-state index in [4.69, 9.17) is 10.5 Å². The Morgan fingerprint density at radius 1 is 1.29 bits per heavy atom. The number of morpholine rings is 1. The van der Waals surface area contributed by atoms with Crippen LogP contribution in [0.15, 0.2) is 0 Å². The summed E-state index contributed by atoms with van der Waals surface area (Å²) in [5, 5.41) is 0. The summed E-state index contributed by atoms with van der Waals surface area (Å²) in [5.74, 6) is 0.838. The number of carbonyl (C=O) groups is 1. The standard InChI is InChI=1S/C14H27N3O2.2ClH/c1-12(15)9-14(18)17-4-2-3-13(11-17)10-16-5-7-19-8-6-16;;/h12-13H,2-11,15H2,1H3;2*1H. The summed E-state index contributed by atoms with van der Waals surface area (Å²) in [7, 11) is 0. The van der Waals surface area contributed by atoms with Crippen LogP contribution in [0.3, 0.4) is 0 Å². The Morgan fingerprint density at radius 3 is 2.57 bits per heavy atom. The number of carbonyl (C=O) groups excluding carboxylic acids is 1. The molecular formula is C14H29Cl2N3O2. The lowest BCUT2D eigenvalue weighted by Gasteiger charge is -2.37. The zero-order valence-electron chi connectivity index (χ0n) is 12.8. The molecule has 0 aromatic carbocycles. The molecule has 2 rings (SSSR count). The minimum absolute atomic E-state index is 0. The second-order valence-electron chi connectivity index (χ2n) is 5.94. The summed E-state index contributed by atoms with van der Waals surface area (Å²) in [5.41, 5.74) is 5.71. The first-order chi connectivity index (χ1) is 9.15. The zero-order chi connectivity index (χ0) is 13.7. The van der Waals surface area contributed by atoms with Crippen LogP contribution in [0, 0.1) is 5.92 Å². The monoisotopic (exact) mass is 341 g/mol. The van der Waals surface area contributed by atoms with Crippen LogP contribution in [0.25, 0.3) is 0 Å². The maximum Gasteiger partial charge on any atom is 0.224 e. The second-order valence-corrected chi connectivity index (χ2v) is 5.94. The highest BCUT2D eigenvalue weighted by molar-refractivity contribution is 5.85. The average Bonchev–Trinajstić information content (AvgIpc) is 2.39. The number of likely N-dealkylation sites (tertiary alicyclic amines) is 1. The molecule has 0 bridgehead atoms. The zero-order valence-corrected chi connectivity index (χ0v) is 14.5. The van der Waals surface area contributed by atoms with Crippen LogP contribution in [0.5, 0.6) is 0 Å². The summed E-state index contributed by atoms with van der Waals surface area (Å²) >= 11 is 0. The number of halogens is 2. The molecule has 0 saturated carbocycles. The van der Waals surface area contributed by atoms with Gasteiger partial charge in [-0.1, -0.05) is 0 Å². The van der Waals surface area contributed by atoms with Gasteiger partial charge in [-0.15, -0.1) is 24.8 Å². The summed E-state index contributed by atoms with van der Waals surface area (Å²) < 4.78 is 5.37. The van der Waals surface area contributed by atoms with Gasteiger partial charge in [0.05, 0.1) is 13.2 Å². The van der Waals surface area contributed by atoms with E-state index in [2.05, 4.69) is 4.90 Å². The van der Waals surface area contributed by atoms with Crippen molar-refractivity contribution in [1.29, 1.82) is 0 Å². The molecule has 7 heteroatoms. The fourth-order valence-corrected chi connectivity index (χ4v) is 2.99. The van der Waals surface area contributed by atoms with E-state index >= 15 is 0 Å². The number of nitrogens with zero attached hydrogens (tertiary/aromatic N) is 2. The Morgan fingerprint density at radius 2 is 1.95 bits per heavy atom. The number of piperidine rings is 1. The van der Waals surface area contributed by atoms with Crippen molar-refractivity contribution in [3.05, 3.63) is 0 Å². The number of ether oxygens (including phenoxy) is 1. The molecule has 2 heterocycles. The molecule has 1 amide bonds. The number of nitrogens with two attached hydrogens (primary N) is 1. The lowest BCUT2D eigenvalue weighted by molar-refractivity contribution is -0.133. The molecule has 0 spiro atoms. The highest BCUT2D eigenvalue weighted by atomic mass is 35.5. The molecule has 0 aliphatic carbocycles. The summed E-state index contributed by atoms with van der Waals surface area (Å²) in [6, 6.07) is -0.0351. The number of hydrogen-bond acceptors (Lipinski definition) is 4. The van der Waals surface area contributed by atoms with Crippen LogP contribution in [0.1, 0.15) is 26.2 Å². The van der Waals surface area contributed by atoms with E-state index in [9.17, 15) is 4.79 Å². The fourth-order valence-electron chi connectivity index (χ4n) is 2.99. The Hall–Kier alpha value is -0.0700. The van der Waals surface area contributed by atoms with Crippen molar-refractivity contribution >= 4 is 30.7 Å². The smallest absolute Gasteiger partial charge is 0.224 e. The maximum atomic E-state index is 12.1. The second kappa shape index (κ2) is 10.6.